The number of hydrogen-bond acceptors (Lipinski definition) is 0. The maximum Gasteiger partial charge on any atom is -0.0274 e. The molecule has 0 unspecified atom stereocenters. The second-order valence-corrected chi connectivity index (χ2v) is 15.3. The van der Waals surface area contributed by atoms with Crippen LogP contribution in [0.15, 0.2) is 18.2 Å². The molecule has 0 amide bonds. The molecule has 1 aromatic carbocycles. The minimum atomic E-state index is 1.31. The number of hydrogen-bond donors (Lipinski definition) is 0. The fourth-order valence-electron chi connectivity index (χ4n) is 7.56. The van der Waals surface area contributed by atoms with Crippen LogP contribution in [0, 0.1) is 0 Å². The Kier molecular flexibility index (Phi) is 33.4. The van der Waals surface area contributed by atoms with Crippen molar-refractivity contribution in [3.63, 3.8) is 0 Å². The molecule has 0 spiro atoms. The highest BCUT2D eigenvalue weighted by Crippen LogP contribution is 2.23. The lowest BCUT2D eigenvalue weighted by molar-refractivity contribution is 0.529. The van der Waals surface area contributed by atoms with Gasteiger partial charge in [-0.05, 0) is 55.2 Å². The van der Waals surface area contributed by atoms with E-state index in [0.717, 1.165) is 0 Å². The highest BCUT2D eigenvalue weighted by molar-refractivity contribution is 5.36. The van der Waals surface area contributed by atoms with Crippen molar-refractivity contribution >= 4 is 0 Å². The Balaban J connectivity index is 2.08. The summed E-state index contributed by atoms with van der Waals surface area (Å²) in [6.07, 6.45) is 53.1. The SMILES string of the molecule is CCCCCCCCCCCCCCCCCCc1cccc(CCCCCCCCCCCCCCCCCC)c1CCCC. The Morgan fingerprint density at radius 2 is 0.500 bits per heavy atom. The van der Waals surface area contributed by atoms with Crippen LogP contribution in [0.25, 0.3) is 0 Å². The predicted octanol–water partition coefficient (Wildman–Crippen LogP) is 16.6. The van der Waals surface area contributed by atoms with Gasteiger partial charge in [0.25, 0.3) is 0 Å². The zero-order valence-electron chi connectivity index (χ0n) is 32.4. The van der Waals surface area contributed by atoms with Gasteiger partial charge in [-0.15, -0.1) is 0 Å². The smallest absolute Gasteiger partial charge is 0.0274 e. The summed E-state index contributed by atoms with van der Waals surface area (Å²) in [5, 5.41) is 0. The van der Waals surface area contributed by atoms with Crippen molar-refractivity contribution in [1.29, 1.82) is 0 Å². The minimum absolute atomic E-state index is 1.31. The van der Waals surface area contributed by atoms with E-state index in [2.05, 4.69) is 39.0 Å². The van der Waals surface area contributed by atoms with Crippen LogP contribution >= 0.6 is 0 Å². The standard InChI is InChI=1S/C46H86/c1-4-7-10-12-14-16-18-20-22-24-26-28-30-32-34-36-39-44-41-38-42-45(46(44)43-9-6-3)40-37-35-33-31-29-27-25-23-21-19-17-15-13-11-8-5-2/h38,41-42H,4-37,39-40,43H2,1-3H3. The Morgan fingerprint density at radius 3 is 0.761 bits per heavy atom. The summed E-state index contributed by atoms with van der Waals surface area (Å²) < 4.78 is 0. The van der Waals surface area contributed by atoms with E-state index in [4.69, 9.17) is 0 Å². The molecule has 0 N–H and O–H groups in total. The molecule has 0 nitrogen and oxygen atoms in total. The lowest BCUT2D eigenvalue weighted by atomic mass is 9.90. The van der Waals surface area contributed by atoms with E-state index in [1.54, 1.807) is 16.7 Å². The molecule has 0 fully saturated rings. The highest BCUT2D eigenvalue weighted by Gasteiger charge is 2.08. The average molecular weight is 639 g/mol. The first-order chi connectivity index (χ1) is 22.8. The third-order valence-electron chi connectivity index (χ3n) is 10.7. The topological polar surface area (TPSA) is 0 Å². The normalized spacial score (nSPS) is 11.5. The van der Waals surface area contributed by atoms with E-state index in [-0.39, 0.29) is 0 Å². The second kappa shape index (κ2) is 35.5. The first kappa shape index (κ1) is 43.2. The third kappa shape index (κ3) is 27.2. The molecular weight excluding hydrogens is 553 g/mol. The van der Waals surface area contributed by atoms with Crippen molar-refractivity contribution in [2.24, 2.45) is 0 Å². The van der Waals surface area contributed by atoms with E-state index in [9.17, 15) is 0 Å². The van der Waals surface area contributed by atoms with Crippen molar-refractivity contribution < 1.29 is 0 Å². The zero-order valence-corrected chi connectivity index (χ0v) is 32.4. The number of unbranched alkanes of at least 4 members (excludes halogenated alkanes) is 31. The third-order valence-corrected chi connectivity index (χ3v) is 10.7. The summed E-state index contributed by atoms with van der Waals surface area (Å²) >= 11 is 0. The fourth-order valence-corrected chi connectivity index (χ4v) is 7.56. The van der Waals surface area contributed by atoms with E-state index >= 15 is 0 Å². The maximum atomic E-state index is 2.47. The molecule has 0 radical (unpaired) electrons. The average Bonchev–Trinajstić information content (AvgIpc) is 3.07. The maximum absolute atomic E-state index is 2.47. The summed E-state index contributed by atoms with van der Waals surface area (Å²) in [5.74, 6) is 0. The quantitative estimate of drug-likeness (QED) is 0.0636. The Bertz CT molecular complexity index is 662. The molecule has 0 aliphatic carbocycles. The van der Waals surface area contributed by atoms with Crippen LogP contribution in [0.2, 0.25) is 0 Å². The van der Waals surface area contributed by atoms with Crippen LogP contribution in [0.1, 0.15) is 256 Å². The van der Waals surface area contributed by atoms with Crippen LogP contribution in [0.5, 0.6) is 0 Å². The number of benzene rings is 1. The van der Waals surface area contributed by atoms with Crippen molar-refractivity contribution in [1.82, 2.24) is 0 Å². The van der Waals surface area contributed by atoms with Crippen molar-refractivity contribution in [3.05, 3.63) is 34.9 Å². The van der Waals surface area contributed by atoms with E-state index in [1.807, 2.05) is 0 Å². The van der Waals surface area contributed by atoms with Gasteiger partial charge in [0.2, 0.25) is 0 Å². The summed E-state index contributed by atoms with van der Waals surface area (Å²) in [6.45, 7) is 6.98. The number of rotatable bonds is 37. The first-order valence-electron chi connectivity index (χ1n) is 21.9. The molecule has 0 atom stereocenters. The summed E-state index contributed by atoms with van der Waals surface area (Å²) in [5.41, 5.74) is 5.12. The highest BCUT2D eigenvalue weighted by atomic mass is 14.1. The number of aryl methyl sites for hydroxylation is 2. The van der Waals surface area contributed by atoms with Gasteiger partial charge in [-0.25, -0.2) is 0 Å². The van der Waals surface area contributed by atoms with E-state index in [1.165, 1.54) is 238 Å². The van der Waals surface area contributed by atoms with Gasteiger partial charge in [-0.3, -0.25) is 0 Å². The van der Waals surface area contributed by atoms with E-state index in [0.29, 0.717) is 0 Å². The first-order valence-corrected chi connectivity index (χ1v) is 21.9. The summed E-state index contributed by atoms with van der Waals surface area (Å²) in [4.78, 5) is 0. The van der Waals surface area contributed by atoms with Gasteiger partial charge >= 0.3 is 0 Å². The van der Waals surface area contributed by atoms with Gasteiger partial charge in [-0.2, -0.15) is 0 Å². The Morgan fingerprint density at radius 1 is 0.261 bits per heavy atom. The van der Waals surface area contributed by atoms with Crippen LogP contribution in [0.3, 0.4) is 0 Å². The molecule has 0 saturated heterocycles. The molecule has 0 heteroatoms. The van der Waals surface area contributed by atoms with Crippen LogP contribution < -0.4 is 0 Å². The van der Waals surface area contributed by atoms with Crippen molar-refractivity contribution in [3.8, 4) is 0 Å². The monoisotopic (exact) mass is 639 g/mol. The molecule has 0 aliphatic rings. The summed E-state index contributed by atoms with van der Waals surface area (Å²) in [6, 6.07) is 7.31. The van der Waals surface area contributed by atoms with Crippen LogP contribution in [-0.4, -0.2) is 0 Å². The van der Waals surface area contributed by atoms with Gasteiger partial charge in [0.15, 0.2) is 0 Å². The molecule has 0 aliphatic heterocycles. The van der Waals surface area contributed by atoms with Crippen LogP contribution in [0.4, 0.5) is 0 Å². The molecular formula is C46H86. The van der Waals surface area contributed by atoms with E-state index < -0.39 is 0 Å². The predicted molar refractivity (Wildman–Crippen MR) is 212 cm³/mol. The molecule has 270 valence electrons. The molecule has 1 rings (SSSR count). The molecule has 46 heavy (non-hydrogen) atoms. The van der Waals surface area contributed by atoms with Gasteiger partial charge in [0.1, 0.15) is 0 Å². The van der Waals surface area contributed by atoms with Crippen molar-refractivity contribution in [2.75, 3.05) is 0 Å². The summed E-state index contributed by atoms with van der Waals surface area (Å²) in [7, 11) is 0. The van der Waals surface area contributed by atoms with Gasteiger partial charge in [0, 0.05) is 0 Å². The lowest BCUT2D eigenvalue weighted by Gasteiger charge is -2.15. The van der Waals surface area contributed by atoms with Gasteiger partial charge in [0.05, 0.1) is 0 Å². The van der Waals surface area contributed by atoms with Gasteiger partial charge in [-0.1, -0.05) is 238 Å². The molecule has 0 bridgehead atoms. The lowest BCUT2D eigenvalue weighted by Crippen LogP contribution is -2.02. The zero-order chi connectivity index (χ0) is 33.0. The second-order valence-electron chi connectivity index (χ2n) is 15.3. The van der Waals surface area contributed by atoms with Gasteiger partial charge < -0.3 is 0 Å². The molecule has 0 aromatic heterocycles. The molecule has 0 saturated carbocycles. The fraction of sp³-hybridized carbons (Fsp3) is 0.870. The minimum Gasteiger partial charge on any atom is -0.0654 e. The Labute approximate surface area is 292 Å². The largest absolute Gasteiger partial charge is 0.0654 e. The van der Waals surface area contributed by atoms with Crippen LogP contribution in [-0.2, 0) is 19.3 Å². The molecule has 1 aromatic rings. The Hall–Kier alpha value is -0.780. The van der Waals surface area contributed by atoms with Crippen molar-refractivity contribution in [2.45, 2.75) is 258 Å². The molecule has 0 heterocycles.